The predicted molar refractivity (Wildman–Crippen MR) is 110 cm³/mol. The van der Waals surface area contributed by atoms with Crippen molar-refractivity contribution < 1.29 is 25.4 Å². The smallest absolute Gasteiger partial charge is 0.267 e. The molecule has 0 atom stereocenters. The van der Waals surface area contributed by atoms with Crippen LogP contribution in [0.3, 0.4) is 0 Å². The predicted octanol–water partition coefficient (Wildman–Crippen LogP) is 2.43. The Labute approximate surface area is 176 Å². The van der Waals surface area contributed by atoms with Crippen molar-refractivity contribution >= 4 is 31.7 Å². The summed E-state index contributed by atoms with van der Waals surface area (Å²) >= 11 is 0. The molecule has 0 saturated heterocycles. The van der Waals surface area contributed by atoms with Crippen LogP contribution < -0.4 is 0 Å². The van der Waals surface area contributed by atoms with Gasteiger partial charge in [0, 0.05) is 11.1 Å². The van der Waals surface area contributed by atoms with Crippen LogP contribution in [-0.2, 0) is 28.8 Å². The summed E-state index contributed by atoms with van der Waals surface area (Å²) in [5, 5.41) is 25.2. The lowest BCUT2D eigenvalue weighted by Gasteiger charge is -2.03. The first-order chi connectivity index (χ1) is 14.2. The Balaban J connectivity index is 2.99. The van der Waals surface area contributed by atoms with Gasteiger partial charge in [0.1, 0.15) is 12.1 Å². The molecule has 10 nitrogen and oxygen atoms in total. The summed E-state index contributed by atoms with van der Waals surface area (Å²) in [6.07, 6.45) is 2.12. The fraction of sp³-hybridized carbons (Fsp3) is 0.444. The van der Waals surface area contributed by atoms with E-state index in [-0.39, 0.29) is 34.1 Å². The van der Waals surface area contributed by atoms with Gasteiger partial charge in [-0.25, -0.2) is 0 Å². The highest BCUT2D eigenvalue weighted by atomic mass is 32.2. The molecule has 0 amide bonds. The molecule has 0 spiro atoms. The van der Waals surface area contributed by atoms with E-state index in [2.05, 4.69) is 18.9 Å². The Morgan fingerprint density at radius 3 is 1.40 bits per heavy atom. The summed E-state index contributed by atoms with van der Waals surface area (Å²) in [4.78, 5) is 0. The second kappa shape index (κ2) is 11.9. The molecule has 12 heteroatoms. The fourth-order valence-electron chi connectivity index (χ4n) is 1.97. The number of hydrogen-bond acceptors (Lipinski definition) is 10. The standard InChI is InChI=1S/C18H22N4O6S2/c1-3-5-11-29(23,24)27-21-17(13-19)15-7-9-16(10-8-15)18(14-20)22-28-30(25,26)12-6-4-2/h7-10H,3-6,11-12H2,1-2H3/b21-17-,22-18-. The Kier molecular flexibility index (Phi) is 9.95. The third-order valence-electron chi connectivity index (χ3n) is 3.62. The van der Waals surface area contributed by atoms with Crippen LogP contribution in [-0.4, -0.2) is 39.8 Å². The number of rotatable bonds is 12. The summed E-state index contributed by atoms with van der Waals surface area (Å²) in [5.74, 6) is -0.429. The molecule has 1 rings (SSSR count). The van der Waals surface area contributed by atoms with Crippen LogP contribution in [0.1, 0.15) is 50.7 Å². The second-order valence-corrected chi connectivity index (χ2v) is 9.41. The molecule has 0 saturated carbocycles. The van der Waals surface area contributed by atoms with Gasteiger partial charge in [0.25, 0.3) is 0 Å². The molecule has 30 heavy (non-hydrogen) atoms. The van der Waals surface area contributed by atoms with Crippen LogP contribution >= 0.6 is 0 Å². The molecule has 0 bridgehead atoms. The third-order valence-corrected chi connectivity index (χ3v) is 5.80. The van der Waals surface area contributed by atoms with Crippen LogP contribution in [0.25, 0.3) is 0 Å². The van der Waals surface area contributed by atoms with Crippen LogP contribution in [0.5, 0.6) is 0 Å². The van der Waals surface area contributed by atoms with E-state index in [1.807, 2.05) is 13.8 Å². The van der Waals surface area contributed by atoms with Crippen molar-refractivity contribution in [3.63, 3.8) is 0 Å². The summed E-state index contributed by atoms with van der Waals surface area (Å²) in [5.41, 5.74) is -0.0904. The topological polar surface area (TPSA) is 159 Å². The summed E-state index contributed by atoms with van der Waals surface area (Å²) in [7, 11) is -7.77. The lowest BCUT2D eigenvalue weighted by molar-refractivity contribution is 0.338. The summed E-state index contributed by atoms with van der Waals surface area (Å²) in [6.45, 7) is 3.65. The molecule has 1 aromatic carbocycles. The zero-order valence-electron chi connectivity index (χ0n) is 16.6. The molecule has 0 fully saturated rings. The fourth-order valence-corrected chi connectivity index (χ4v) is 3.78. The molecule has 0 unspecified atom stereocenters. The van der Waals surface area contributed by atoms with Gasteiger partial charge in [-0.1, -0.05) is 61.3 Å². The van der Waals surface area contributed by atoms with Gasteiger partial charge in [0.2, 0.25) is 0 Å². The van der Waals surface area contributed by atoms with E-state index >= 15 is 0 Å². The zero-order chi connectivity index (χ0) is 22.6. The van der Waals surface area contributed by atoms with Crippen LogP contribution in [0.2, 0.25) is 0 Å². The minimum atomic E-state index is -3.88. The molecular formula is C18H22N4O6S2. The lowest BCUT2D eigenvalue weighted by atomic mass is 10.1. The molecular weight excluding hydrogens is 432 g/mol. The van der Waals surface area contributed by atoms with E-state index in [4.69, 9.17) is 0 Å². The molecule has 162 valence electrons. The van der Waals surface area contributed by atoms with Gasteiger partial charge in [-0.05, 0) is 12.8 Å². The molecule has 0 aliphatic carbocycles. The van der Waals surface area contributed by atoms with E-state index in [1.54, 1.807) is 12.1 Å². The Morgan fingerprint density at radius 2 is 1.13 bits per heavy atom. The van der Waals surface area contributed by atoms with E-state index in [1.165, 1.54) is 24.3 Å². The van der Waals surface area contributed by atoms with E-state index in [0.717, 1.165) is 0 Å². The average molecular weight is 455 g/mol. The van der Waals surface area contributed by atoms with Crippen molar-refractivity contribution in [3.8, 4) is 12.1 Å². The lowest BCUT2D eigenvalue weighted by Crippen LogP contribution is -2.10. The molecule has 0 radical (unpaired) electrons. The Bertz CT molecular complexity index is 976. The number of nitriles is 2. The van der Waals surface area contributed by atoms with Gasteiger partial charge in [0.15, 0.2) is 11.4 Å². The van der Waals surface area contributed by atoms with Crippen molar-refractivity contribution in [1.82, 2.24) is 0 Å². The summed E-state index contributed by atoms with van der Waals surface area (Å²) in [6, 6.07) is 9.02. The number of hydrogen-bond donors (Lipinski definition) is 0. The molecule has 0 aliphatic rings. The first-order valence-electron chi connectivity index (χ1n) is 9.07. The van der Waals surface area contributed by atoms with Crippen LogP contribution in [0.4, 0.5) is 0 Å². The average Bonchev–Trinajstić information content (AvgIpc) is 2.72. The van der Waals surface area contributed by atoms with Gasteiger partial charge in [-0.15, -0.1) is 0 Å². The highest BCUT2D eigenvalue weighted by Gasteiger charge is 2.14. The number of oxime groups is 2. The molecule has 1 aromatic rings. The first kappa shape index (κ1) is 25.1. The number of nitrogens with zero attached hydrogens (tertiary/aromatic N) is 4. The minimum Gasteiger partial charge on any atom is -0.267 e. The van der Waals surface area contributed by atoms with Crippen molar-refractivity contribution in [3.05, 3.63) is 35.4 Å². The summed E-state index contributed by atoms with van der Waals surface area (Å²) < 4.78 is 55.8. The van der Waals surface area contributed by atoms with E-state index in [0.29, 0.717) is 25.7 Å². The van der Waals surface area contributed by atoms with Gasteiger partial charge in [0.05, 0.1) is 11.5 Å². The third kappa shape index (κ3) is 8.59. The largest absolute Gasteiger partial charge is 0.328 e. The SMILES string of the molecule is CCCCS(=O)(=O)O/N=C(/C#N)c1ccc(/C(C#N)=N\OS(=O)(=O)CCCC)cc1. The minimum absolute atomic E-state index is 0.214. The van der Waals surface area contributed by atoms with Gasteiger partial charge < -0.3 is 0 Å². The molecule has 0 aromatic heterocycles. The van der Waals surface area contributed by atoms with Gasteiger partial charge >= 0.3 is 20.2 Å². The molecule has 0 heterocycles. The van der Waals surface area contributed by atoms with E-state index < -0.39 is 20.2 Å². The normalized spacial score (nSPS) is 12.7. The molecule has 0 N–H and O–H groups in total. The Morgan fingerprint density at radius 1 is 0.800 bits per heavy atom. The maximum atomic E-state index is 11.7. The monoisotopic (exact) mass is 454 g/mol. The highest BCUT2D eigenvalue weighted by Crippen LogP contribution is 2.10. The van der Waals surface area contributed by atoms with Crippen molar-refractivity contribution in [2.45, 2.75) is 39.5 Å². The maximum absolute atomic E-state index is 11.7. The van der Waals surface area contributed by atoms with Gasteiger partial charge in [-0.2, -0.15) is 27.4 Å². The first-order valence-corrected chi connectivity index (χ1v) is 12.2. The zero-order valence-corrected chi connectivity index (χ0v) is 18.2. The van der Waals surface area contributed by atoms with Crippen LogP contribution in [0, 0.1) is 22.7 Å². The van der Waals surface area contributed by atoms with Crippen molar-refractivity contribution in [2.75, 3.05) is 11.5 Å². The second-order valence-electron chi connectivity index (χ2n) is 6.06. The van der Waals surface area contributed by atoms with Gasteiger partial charge in [-0.3, -0.25) is 8.57 Å². The Hall–Kier alpha value is -2.96. The molecule has 0 aliphatic heterocycles. The number of benzene rings is 1. The quantitative estimate of drug-likeness (QED) is 0.344. The van der Waals surface area contributed by atoms with Crippen molar-refractivity contribution in [1.29, 1.82) is 10.5 Å². The maximum Gasteiger partial charge on any atom is 0.328 e. The highest BCUT2D eigenvalue weighted by molar-refractivity contribution is 7.86. The van der Waals surface area contributed by atoms with Crippen LogP contribution in [0.15, 0.2) is 34.6 Å². The van der Waals surface area contributed by atoms with Crippen molar-refractivity contribution in [2.24, 2.45) is 10.3 Å². The van der Waals surface area contributed by atoms with E-state index in [9.17, 15) is 27.4 Å². The number of unbranched alkanes of at least 4 members (excludes halogenated alkanes) is 2.